The molecule has 1 saturated heterocycles. The van der Waals surface area contributed by atoms with E-state index >= 15 is 0 Å². The van der Waals surface area contributed by atoms with E-state index in [2.05, 4.69) is 51.1 Å². The van der Waals surface area contributed by atoms with Crippen LogP contribution in [-0.4, -0.2) is 51.1 Å². The molecule has 1 N–H and O–H groups in total. The van der Waals surface area contributed by atoms with Crippen LogP contribution >= 0.6 is 33.9 Å². The third-order valence-electron chi connectivity index (χ3n) is 7.74. The van der Waals surface area contributed by atoms with E-state index in [9.17, 15) is 14.4 Å². The van der Waals surface area contributed by atoms with Crippen molar-refractivity contribution in [1.29, 1.82) is 0 Å². The van der Waals surface area contributed by atoms with E-state index in [1.807, 2.05) is 57.5 Å². The number of amides is 3. The molecule has 0 aliphatic carbocycles. The van der Waals surface area contributed by atoms with Crippen LogP contribution in [0.2, 0.25) is 0 Å². The smallest absolute Gasteiger partial charge is 0.255 e. The predicted octanol–water partition coefficient (Wildman–Crippen LogP) is 5.57. The predicted molar refractivity (Wildman–Crippen MR) is 161 cm³/mol. The number of thiazole rings is 1. The lowest BCUT2D eigenvalue weighted by Gasteiger charge is -2.35. The lowest BCUT2D eigenvalue weighted by atomic mass is 10.00. The third kappa shape index (κ3) is 5.35. The quantitative estimate of drug-likeness (QED) is 0.338. The first-order chi connectivity index (χ1) is 18.7. The molecule has 0 unspecified atom stereocenters. The molecule has 3 heterocycles. The molecule has 3 amide bonds. The Labute approximate surface area is 247 Å². The van der Waals surface area contributed by atoms with Crippen LogP contribution in [0.1, 0.15) is 66.8 Å². The van der Waals surface area contributed by atoms with Crippen LogP contribution in [0.15, 0.2) is 48.0 Å². The molecule has 0 saturated carbocycles. The van der Waals surface area contributed by atoms with Gasteiger partial charge in [-0.15, -0.1) is 11.3 Å². The Bertz CT molecular complexity index is 1420. The Morgan fingerprint density at radius 3 is 2.59 bits per heavy atom. The van der Waals surface area contributed by atoms with Gasteiger partial charge in [0.1, 0.15) is 12.1 Å². The van der Waals surface area contributed by atoms with E-state index in [0.717, 1.165) is 37.3 Å². The van der Waals surface area contributed by atoms with Crippen LogP contribution in [0.25, 0.3) is 10.4 Å². The van der Waals surface area contributed by atoms with Crippen molar-refractivity contribution < 1.29 is 14.4 Å². The molecule has 2 aliphatic rings. The van der Waals surface area contributed by atoms with Gasteiger partial charge in [-0.1, -0.05) is 44.2 Å². The first-order valence-corrected chi connectivity index (χ1v) is 15.3. The molecule has 9 heteroatoms. The van der Waals surface area contributed by atoms with E-state index in [-0.39, 0.29) is 29.7 Å². The number of aryl methyl sites for hydroxylation is 1. The molecule has 2 aromatic carbocycles. The number of halogens is 1. The summed E-state index contributed by atoms with van der Waals surface area (Å²) in [6.07, 6.45) is 1.38. The zero-order valence-corrected chi connectivity index (χ0v) is 25.6. The van der Waals surface area contributed by atoms with Gasteiger partial charge in [-0.2, -0.15) is 0 Å². The first kappa shape index (κ1) is 27.8. The number of carbonyl (C=O) groups excluding carboxylic acids is 3. The lowest BCUT2D eigenvalue weighted by Crippen LogP contribution is -2.55. The van der Waals surface area contributed by atoms with Crippen molar-refractivity contribution in [2.75, 3.05) is 6.54 Å². The summed E-state index contributed by atoms with van der Waals surface area (Å²) >= 11 is 3.94. The molecule has 0 radical (unpaired) electrons. The SMILES string of the molecule is Cc1ncsc1-c1ccc([C@H](C)NC(=O)[C@@H]2CCCN2C(=O)[C@H](C(C)C)N2Cc3ccccc3C2=O)c(I)c1. The molecular formula is C30H33IN4O3S. The first-order valence-electron chi connectivity index (χ1n) is 13.4. The summed E-state index contributed by atoms with van der Waals surface area (Å²) in [4.78, 5) is 49.5. The van der Waals surface area contributed by atoms with Crippen molar-refractivity contribution in [2.24, 2.45) is 5.92 Å². The molecule has 5 rings (SSSR count). The Kier molecular flexibility index (Phi) is 8.09. The molecule has 39 heavy (non-hydrogen) atoms. The summed E-state index contributed by atoms with van der Waals surface area (Å²) in [5.74, 6) is -0.486. The highest BCUT2D eigenvalue weighted by Crippen LogP contribution is 2.32. The summed E-state index contributed by atoms with van der Waals surface area (Å²) in [6, 6.07) is 12.4. The van der Waals surface area contributed by atoms with Crippen LogP contribution in [-0.2, 0) is 16.1 Å². The van der Waals surface area contributed by atoms with Crippen molar-refractivity contribution >= 4 is 51.6 Å². The minimum Gasteiger partial charge on any atom is -0.348 e. The molecule has 3 atom stereocenters. The van der Waals surface area contributed by atoms with Crippen LogP contribution in [0, 0.1) is 16.4 Å². The summed E-state index contributed by atoms with van der Waals surface area (Å²) in [7, 11) is 0. The summed E-state index contributed by atoms with van der Waals surface area (Å²) < 4.78 is 1.07. The number of nitrogens with zero attached hydrogens (tertiary/aromatic N) is 3. The van der Waals surface area contributed by atoms with Gasteiger partial charge in [0.05, 0.1) is 22.1 Å². The standard InChI is InChI=1S/C30H33IN4O3S/c1-17(2)26(35-15-21-8-5-6-9-23(21)29(35)37)30(38)34-13-7-10-25(34)28(36)33-18(3)22-12-11-20(14-24(22)31)27-19(4)32-16-39-27/h5-6,8-9,11-12,14,16-18,25-26H,7,10,13,15H2,1-4H3,(H,33,36)/t18-,25-,26-/m0/s1. The Morgan fingerprint density at radius 2 is 1.92 bits per heavy atom. The normalized spacial score (nSPS) is 18.4. The third-order valence-corrected chi connectivity index (χ3v) is 9.65. The zero-order valence-electron chi connectivity index (χ0n) is 22.6. The van der Waals surface area contributed by atoms with Crippen molar-refractivity contribution in [3.05, 3.63) is 73.9 Å². The number of aromatic nitrogens is 1. The number of hydrogen-bond donors (Lipinski definition) is 1. The maximum atomic E-state index is 13.9. The van der Waals surface area contributed by atoms with Gasteiger partial charge in [0.2, 0.25) is 11.8 Å². The molecule has 3 aromatic rings. The zero-order chi connectivity index (χ0) is 27.8. The number of likely N-dealkylation sites (tertiary alicyclic amines) is 1. The number of nitrogens with one attached hydrogen (secondary N) is 1. The van der Waals surface area contributed by atoms with Crippen LogP contribution in [0.5, 0.6) is 0 Å². The second-order valence-corrected chi connectivity index (χ2v) is 12.7. The average Bonchev–Trinajstić information content (AvgIpc) is 3.63. The highest BCUT2D eigenvalue weighted by molar-refractivity contribution is 14.1. The molecule has 0 spiro atoms. The van der Waals surface area contributed by atoms with Crippen molar-refractivity contribution in [3.63, 3.8) is 0 Å². The van der Waals surface area contributed by atoms with E-state index in [1.54, 1.807) is 21.1 Å². The molecule has 2 aliphatic heterocycles. The number of fused-ring (bicyclic) bond motifs is 1. The van der Waals surface area contributed by atoms with Gasteiger partial charge in [0, 0.05) is 22.2 Å². The van der Waals surface area contributed by atoms with Gasteiger partial charge in [-0.05, 0) is 84.0 Å². The summed E-state index contributed by atoms with van der Waals surface area (Å²) in [5, 5.41) is 3.16. The Balaban J connectivity index is 1.30. The highest BCUT2D eigenvalue weighted by atomic mass is 127. The maximum Gasteiger partial charge on any atom is 0.255 e. The van der Waals surface area contributed by atoms with Gasteiger partial charge in [-0.3, -0.25) is 14.4 Å². The number of rotatable bonds is 7. The Hall–Kier alpha value is -2.79. The molecular weight excluding hydrogens is 623 g/mol. The van der Waals surface area contributed by atoms with Crippen LogP contribution in [0.3, 0.4) is 0 Å². The number of hydrogen-bond acceptors (Lipinski definition) is 5. The maximum absolute atomic E-state index is 13.9. The monoisotopic (exact) mass is 656 g/mol. The topological polar surface area (TPSA) is 82.6 Å². The van der Waals surface area contributed by atoms with E-state index in [1.165, 1.54) is 0 Å². The average molecular weight is 657 g/mol. The fourth-order valence-electron chi connectivity index (χ4n) is 5.74. The molecule has 1 aromatic heterocycles. The van der Waals surface area contributed by atoms with Gasteiger partial charge in [0.25, 0.3) is 5.91 Å². The van der Waals surface area contributed by atoms with E-state index in [4.69, 9.17) is 0 Å². The fraction of sp³-hybridized carbons (Fsp3) is 0.400. The van der Waals surface area contributed by atoms with Crippen molar-refractivity contribution in [1.82, 2.24) is 20.1 Å². The summed E-state index contributed by atoms with van der Waals surface area (Å²) in [6.45, 7) is 8.85. The van der Waals surface area contributed by atoms with E-state index in [0.29, 0.717) is 25.1 Å². The number of carbonyl (C=O) groups is 3. The lowest BCUT2D eigenvalue weighted by molar-refractivity contribution is -0.143. The second-order valence-electron chi connectivity index (χ2n) is 10.7. The molecule has 7 nitrogen and oxygen atoms in total. The van der Waals surface area contributed by atoms with Gasteiger partial charge in [0.15, 0.2) is 0 Å². The molecule has 0 bridgehead atoms. The fourth-order valence-corrected chi connectivity index (χ4v) is 7.52. The van der Waals surface area contributed by atoms with Gasteiger partial charge >= 0.3 is 0 Å². The van der Waals surface area contributed by atoms with Crippen molar-refractivity contribution in [3.8, 4) is 10.4 Å². The van der Waals surface area contributed by atoms with Gasteiger partial charge < -0.3 is 15.1 Å². The molecule has 1 fully saturated rings. The minimum atomic E-state index is -0.612. The highest BCUT2D eigenvalue weighted by Gasteiger charge is 2.44. The molecule has 204 valence electrons. The Morgan fingerprint density at radius 1 is 1.15 bits per heavy atom. The van der Waals surface area contributed by atoms with Crippen molar-refractivity contribution in [2.45, 2.75) is 65.2 Å². The minimum absolute atomic E-state index is 0.0822. The van der Waals surface area contributed by atoms with Crippen LogP contribution in [0.4, 0.5) is 0 Å². The number of benzene rings is 2. The second kappa shape index (κ2) is 11.4. The largest absolute Gasteiger partial charge is 0.348 e. The van der Waals surface area contributed by atoms with Gasteiger partial charge in [-0.25, -0.2) is 4.98 Å². The van der Waals surface area contributed by atoms with E-state index < -0.39 is 12.1 Å². The summed E-state index contributed by atoms with van der Waals surface area (Å²) in [5.41, 5.74) is 6.61. The van der Waals surface area contributed by atoms with Crippen LogP contribution < -0.4 is 5.32 Å².